The summed E-state index contributed by atoms with van der Waals surface area (Å²) in [6.07, 6.45) is 2.60. The minimum Gasteiger partial charge on any atom is -0.496 e. The summed E-state index contributed by atoms with van der Waals surface area (Å²) in [4.78, 5) is 0. The second-order valence-electron chi connectivity index (χ2n) is 4.59. The van der Waals surface area contributed by atoms with Crippen molar-refractivity contribution < 1.29 is 9.15 Å². The lowest BCUT2D eigenvalue weighted by atomic mass is 10.0. The van der Waals surface area contributed by atoms with Crippen LogP contribution in [0.25, 0.3) is 0 Å². The number of methoxy groups -OCH3 is 1. The number of para-hydroxylation sites is 1. The van der Waals surface area contributed by atoms with Gasteiger partial charge in [0.2, 0.25) is 0 Å². The summed E-state index contributed by atoms with van der Waals surface area (Å²) in [7, 11) is 1.71. The fourth-order valence-corrected chi connectivity index (χ4v) is 2.34. The molecule has 0 spiro atoms. The van der Waals surface area contributed by atoms with E-state index in [1.54, 1.807) is 13.4 Å². The number of hydrogen-bond donors (Lipinski definition) is 1. The van der Waals surface area contributed by atoms with Gasteiger partial charge in [-0.2, -0.15) is 0 Å². The van der Waals surface area contributed by atoms with Crippen molar-refractivity contribution in [2.24, 2.45) is 0 Å². The summed E-state index contributed by atoms with van der Waals surface area (Å²) in [6.45, 7) is 5.08. The number of hydrogen-bond acceptors (Lipinski definition) is 3. The minimum atomic E-state index is 0.177. The zero-order chi connectivity index (χ0) is 13.7. The second-order valence-corrected chi connectivity index (χ2v) is 4.59. The van der Waals surface area contributed by atoms with Gasteiger partial charge >= 0.3 is 0 Å². The van der Waals surface area contributed by atoms with Crippen molar-refractivity contribution in [2.45, 2.75) is 26.3 Å². The lowest BCUT2D eigenvalue weighted by Gasteiger charge is -2.18. The van der Waals surface area contributed by atoms with Gasteiger partial charge in [-0.3, -0.25) is 0 Å². The first kappa shape index (κ1) is 13.7. The first-order valence-corrected chi connectivity index (χ1v) is 6.65. The Kier molecular flexibility index (Phi) is 4.63. The van der Waals surface area contributed by atoms with Crippen LogP contribution in [0.4, 0.5) is 0 Å². The van der Waals surface area contributed by atoms with Crippen molar-refractivity contribution in [1.29, 1.82) is 0 Å². The molecule has 0 saturated heterocycles. The van der Waals surface area contributed by atoms with Crippen LogP contribution in [0.1, 0.15) is 29.9 Å². The highest BCUT2D eigenvalue weighted by Crippen LogP contribution is 2.27. The molecule has 0 aliphatic rings. The second kappa shape index (κ2) is 6.43. The maximum absolute atomic E-state index is 5.62. The lowest BCUT2D eigenvalue weighted by Crippen LogP contribution is -2.23. The predicted molar refractivity (Wildman–Crippen MR) is 76.6 cm³/mol. The number of likely N-dealkylation sites (N-methyl/N-ethyl adjacent to an activating group) is 1. The van der Waals surface area contributed by atoms with Crippen molar-refractivity contribution >= 4 is 0 Å². The van der Waals surface area contributed by atoms with E-state index in [1.807, 2.05) is 24.3 Å². The van der Waals surface area contributed by atoms with Crippen molar-refractivity contribution in [3.05, 3.63) is 53.5 Å². The third-order valence-electron chi connectivity index (χ3n) is 3.29. The molecule has 1 heterocycles. The van der Waals surface area contributed by atoms with Gasteiger partial charge in [-0.1, -0.05) is 25.1 Å². The third-order valence-corrected chi connectivity index (χ3v) is 3.29. The molecule has 102 valence electrons. The molecule has 0 aliphatic carbocycles. The van der Waals surface area contributed by atoms with Crippen LogP contribution in [-0.4, -0.2) is 13.7 Å². The van der Waals surface area contributed by atoms with Gasteiger partial charge in [0.25, 0.3) is 0 Å². The Morgan fingerprint density at radius 3 is 2.68 bits per heavy atom. The van der Waals surface area contributed by atoms with Crippen LogP contribution in [0.5, 0.6) is 5.75 Å². The van der Waals surface area contributed by atoms with Gasteiger partial charge in [0, 0.05) is 0 Å². The van der Waals surface area contributed by atoms with Crippen molar-refractivity contribution in [3.63, 3.8) is 0 Å². The van der Waals surface area contributed by atoms with Crippen LogP contribution in [0.15, 0.2) is 41.0 Å². The molecule has 0 bridgehead atoms. The molecule has 2 aromatic rings. The molecule has 1 unspecified atom stereocenters. The third kappa shape index (κ3) is 3.18. The molecule has 0 aliphatic heterocycles. The Balaban J connectivity index is 2.24. The molecule has 2 rings (SSSR count). The highest BCUT2D eigenvalue weighted by molar-refractivity contribution is 5.35. The van der Waals surface area contributed by atoms with Gasteiger partial charge in [0.05, 0.1) is 19.4 Å². The zero-order valence-corrected chi connectivity index (χ0v) is 11.8. The number of furan rings is 1. The SMILES string of the molecule is CCNC(Cc1ccccc1OC)c1occc1C. The van der Waals surface area contributed by atoms with E-state index in [9.17, 15) is 0 Å². The number of aryl methyl sites for hydroxylation is 1. The number of ether oxygens (including phenoxy) is 1. The highest BCUT2D eigenvalue weighted by atomic mass is 16.5. The van der Waals surface area contributed by atoms with E-state index in [0.717, 1.165) is 24.5 Å². The molecule has 0 saturated carbocycles. The quantitative estimate of drug-likeness (QED) is 0.862. The van der Waals surface area contributed by atoms with Crippen LogP contribution in [0.2, 0.25) is 0 Å². The molecule has 1 aromatic carbocycles. The average Bonchev–Trinajstić information content (AvgIpc) is 2.85. The molecule has 19 heavy (non-hydrogen) atoms. The number of nitrogens with one attached hydrogen (secondary N) is 1. The average molecular weight is 259 g/mol. The largest absolute Gasteiger partial charge is 0.496 e. The van der Waals surface area contributed by atoms with E-state index in [2.05, 4.69) is 25.2 Å². The Morgan fingerprint density at radius 2 is 2.05 bits per heavy atom. The Labute approximate surface area is 114 Å². The van der Waals surface area contributed by atoms with E-state index >= 15 is 0 Å². The molecular weight excluding hydrogens is 238 g/mol. The molecule has 1 aromatic heterocycles. The van der Waals surface area contributed by atoms with Crippen LogP contribution < -0.4 is 10.1 Å². The van der Waals surface area contributed by atoms with E-state index in [1.165, 1.54) is 11.1 Å². The summed E-state index contributed by atoms with van der Waals surface area (Å²) in [5.74, 6) is 1.93. The van der Waals surface area contributed by atoms with Crippen LogP contribution >= 0.6 is 0 Å². The number of benzene rings is 1. The summed E-state index contributed by atoms with van der Waals surface area (Å²) in [5, 5.41) is 3.48. The van der Waals surface area contributed by atoms with Crippen LogP contribution in [-0.2, 0) is 6.42 Å². The molecule has 0 radical (unpaired) electrons. The van der Waals surface area contributed by atoms with E-state index < -0.39 is 0 Å². The van der Waals surface area contributed by atoms with Crippen molar-refractivity contribution in [1.82, 2.24) is 5.32 Å². The van der Waals surface area contributed by atoms with E-state index in [-0.39, 0.29) is 6.04 Å². The lowest BCUT2D eigenvalue weighted by molar-refractivity contribution is 0.391. The fourth-order valence-electron chi connectivity index (χ4n) is 2.34. The van der Waals surface area contributed by atoms with Crippen molar-refractivity contribution in [2.75, 3.05) is 13.7 Å². The molecule has 1 N–H and O–H groups in total. The minimum absolute atomic E-state index is 0.177. The smallest absolute Gasteiger partial charge is 0.123 e. The van der Waals surface area contributed by atoms with Gasteiger partial charge in [0.1, 0.15) is 11.5 Å². The number of rotatable bonds is 6. The normalized spacial score (nSPS) is 12.4. The predicted octanol–water partition coefficient (Wildman–Crippen LogP) is 3.49. The van der Waals surface area contributed by atoms with Gasteiger partial charge < -0.3 is 14.5 Å². The molecule has 0 amide bonds. The Hall–Kier alpha value is -1.74. The summed E-state index contributed by atoms with van der Waals surface area (Å²) >= 11 is 0. The Morgan fingerprint density at radius 1 is 1.26 bits per heavy atom. The first-order valence-electron chi connectivity index (χ1n) is 6.65. The molecule has 3 nitrogen and oxygen atoms in total. The first-order chi connectivity index (χ1) is 9.26. The van der Waals surface area contributed by atoms with Crippen LogP contribution in [0.3, 0.4) is 0 Å². The topological polar surface area (TPSA) is 34.4 Å². The van der Waals surface area contributed by atoms with Gasteiger partial charge in [-0.15, -0.1) is 0 Å². The summed E-state index contributed by atoms with van der Waals surface area (Å²) in [6, 6.07) is 10.3. The zero-order valence-electron chi connectivity index (χ0n) is 11.8. The maximum Gasteiger partial charge on any atom is 0.123 e. The van der Waals surface area contributed by atoms with E-state index in [4.69, 9.17) is 9.15 Å². The van der Waals surface area contributed by atoms with Crippen LogP contribution in [0, 0.1) is 6.92 Å². The Bertz CT molecular complexity index is 519. The molecular formula is C16H21NO2. The molecule has 0 fully saturated rings. The molecule has 1 atom stereocenters. The highest BCUT2D eigenvalue weighted by Gasteiger charge is 2.18. The monoisotopic (exact) mass is 259 g/mol. The van der Waals surface area contributed by atoms with Gasteiger partial charge in [-0.05, 0) is 43.1 Å². The fraction of sp³-hybridized carbons (Fsp3) is 0.375. The molecule has 3 heteroatoms. The van der Waals surface area contributed by atoms with Gasteiger partial charge in [-0.25, -0.2) is 0 Å². The van der Waals surface area contributed by atoms with E-state index in [0.29, 0.717) is 0 Å². The maximum atomic E-state index is 5.62. The summed E-state index contributed by atoms with van der Waals surface area (Å²) in [5.41, 5.74) is 2.37. The summed E-state index contributed by atoms with van der Waals surface area (Å²) < 4.78 is 11.0. The standard InChI is InChI=1S/C16H21NO2/c1-4-17-14(16-12(2)9-10-19-16)11-13-7-5-6-8-15(13)18-3/h5-10,14,17H,4,11H2,1-3H3. The van der Waals surface area contributed by atoms with Gasteiger partial charge in [0.15, 0.2) is 0 Å². The van der Waals surface area contributed by atoms with Crippen molar-refractivity contribution in [3.8, 4) is 5.75 Å².